The van der Waals surface area contributed by atoms with E-state index >= 15 is 0 Å². The highest BCUT2D eigenvalue weighted by atomic mass is 79.9. The summed E-state index contributed by atoms with van der Waals surface area (Å²) < 4.78 is 1.66. The molecule has 0 aliphatic rings. The number of pyridine rings is 4. The minimum atomic E-state index is -0.164. The van der Waals surface area contributed by atoms with Crippen molar-refractivity contribution in [1.29, 1.82) is 0 Å². The Labute approximate surface area is 179 Å². The average Bonchev–Trinajstić information content (AvgIpc) is 2.62. The van der Waals surface area contributed by atoms with Crippen LogP contribution in [0.5, 0.6) is 0 Å². The number of nitrogens with one attached hydrogen (secondary N) is 1. The van der Waals surface area contributed by atoms with E-state index in [2.05, 4.69) is 51.8 Å². The van der Waals surface area contributed by atoms with Gasteiger partial charge in [0.05, 0.1) is 5.39 Å². The molecule has 0 atom stereocenters. The Bertz CT molecular complexity index is 1180. The van der Waals surface area contributed by atoms with Gasteiger partial charge >= 0.3 is 0 Å². The maximum atomic E-state index is 11.3. The molecular weight excluding hydrogens is 530 g/mol. The second-order valence-corrected chi connectivity index (χ2v) is 7.81. The zero-order valence-corrected chi connectivity index (χ0v) is 18.0. The summed E-state index contributed by atoms with van der Waals surface area (Å²) >= 11 is 24.0. The van der Waals surface area contributed by atoms with Crippen LogP contribution in [0.25, 0.3) is 21.5 Å². The standard InChI is InChI=1S/C8H3BrCl2N2.C8H4BrClN2O/c9-6-3-13-8(11)5-2-12-7(10)1-4(5)6;9-6-3-12-8(13)5-2-11-7(10)1-4(5)6/h1-3H;1-3H,(H,12,13). The first-order chi connectivity index (χ1) is 12.4. The normalized spacial score (nSPS) is 10.7. The van der Waals surface area contributed by atoms with Gasteiger partial charge in [0.1, 0.15) is 15.5 Å². The fourth-order valence-corrected chi connectivity index (χ4v) is 3.53. The van der Waals surface area contributed by atoms with Crippen LogP contribution in [0, 0.1) is 0 Å². The summed E-state index contributed by atoms with van der Waals surface area (Å²) in [7, 11) is 0. The lowest BCUT2D eigenvalue weighted by Gasteiger charge is -2.01. The third kappa shape index (κ3) is 4.18. The largest absolute Gasteiger partial charge is 0.327 e. The molecule has 1 N–H and O–H groups in total. The van der Waals surface area contributed by atoms with Crippen LogP contribution in [0.1, 0.15) is 0 Å². The molecule has 0 spiro atoms. The lowest BCUT2D eigenvalue weighted by Crippen LogP contribution is -2.05. The number of fused-ring (bicyclic) bond motifs is 2. The highest BCUT2D eigenvalue weighted by Crippen LogP contribution is 2.28. The van der Waals surface area contributed by atoms with E-state index in [1.54, 1.807) is 30.7 Å². The summed E-state index contributed by atoms with van der Waals surface area (Å²) in [6.07, 6.45) is 6.29. The third-order valence-corrected chi connectivity index (χ3v) is 5.35. The lowest BCUT2D eigenvalue weighted by molar-refractivity contribution is 1.24. The van der Waals surface area contributed by atoms with E-state index in [0.717, 1.165) is 25.1 Å². The molecule has 0 saturated heterocycles. The van der Waals surface area contributed by atoms with Crippen LogP contribution in [-0.2, 0) is 0 Å². The van der Waals surface area contributed by atoms with Crippen molar-refractivity contribution in [2.24, 2.45) is 0 Å². The van der Waals surface area contributed by atoms with Gasteiger partial charge in [-0.1, -0.05) is 34.8 Å². The zero-order valence-electron chi connectivity index (χ0n) is 12.6. The molecule has 26 heavy (non-hydrogen) atoms. The molecule has 0 saturated carbocycles. The summed E-state index contributed by atoms with van der Waals surface area (Å²) in [5, 5.41) is 4.25. The van der Waals surface area contributed by atoms with Gasteiger partial charge in [-0.3, -0.25) is 4.79 Å². The number of hydrogen-bond donors (Lipinski definition) is 1. The topological polar surface area (TPSA) is 71.5 Å². The van der Waals surface area contributed by atoms with Crippen LogP contribution in [0.3, 0.4) is 0 Å². The molecule has 5 nitrogen and oxygen atoms in total. The molecule has 0 aliphatic heterocycles. The van der Waals surface area contributed by atoms with E-state index in [1.165, 1.54) is 6.20 Å². The number of rotatable bonds is 0. The fourth-order valence-electron chi connectivity index (χ4n) is 2.14. The molecule has 0 aromatic carbocycles. The molecule has 132 valence electrons. The maximum absolute atomic E-state index is 11.3. The molecule has 0 amide bonds. The summed E-state index contributed by atoms with van der Waals surface area (Å²) in [5.74, 6) is 0. The van der Waals surface area contributed by atoms with Crippen molar-refractivity contribution in [3.8, 4) is 0 Å². The number of halogens is 5. The van der Waals surface area contributed by atoms with Gasteiger partial charge < -0.3 is 4.98 Å². The number of H-pyrrole nitrogens is 1. The Hall–Kier alpha value is -1.25. The van der Waals surface area contributed by atoms with E-state index in [0.29, 0.717) is 20.8 Å². The molecule has 4 aromatic heterocycles. The quantitative estimate of drug-likeness (QED) is 0.278. The van der Waals surface area contributed by atoms with Gasteiger partial charge in [0.25, 0.3) is 5.56 Å². The summed E-state index contributed by atoms with van der Waals surface area (Å²) in [4.78, 5) is 25.6. The van der Waals surface area contributed by atoms with E-state index in [4.69, 9.17) is 34.8 Å². The molecule has 0 fully saturated rings. The van der Waals surface area contributed by atoms with Crippen LogP contribution >= 0.6 is 66.7 Å². The van der Waals surface area contributed by atoms with E-state index in [9.17, 15) is 4.79 Å². The second kappa shape index (κ2) is 8.19. The van der Waals surface area contributed by atoms with Gasteiger partial charge in [0, 0.05) is 49.9 Å². The zero-order chi connectivity index (χ0) is 18.8. The molecule has 4 heterocycles. The molecule has 4 rings (SSSR count). The Morgan fingerprint density at radius 1 is 0.769 bits per heavy atom. The Kier molecular flexibility index (Phi) is 6.14. The molecule has 10 heteroatoms. The first-order valence-corrected chi connectivity index (χ1v) is 9.66. The highest BCUT2D eigenvalue weighted by Gasteiger charge is 2.05. The smallest absolute Gasteiger partial charge is 0.257 e. The van der Waals surface area contributed by atoms with Gasteiger partial charge in [-0.05, 0) is 44.0 Å². The maximum Gasteiger partial charge on any atom is 0.257 e. The van der Waals surface area contributed by atoms with Gasteiger partial charge in [-0.25, -0.2) is 15.0 Å². The summed E-state index contributed by atoms with van der Waals surface area (Å²) in [6.45, 7) is 0. The number of hydrogen-bond acceptors (Lipinski definition) is 4. The Morgan fingerprint density at radius 2 is 1.35 bits per heavy atom. The second-order valence-electron chi connectivity index (χ2n) is 4.97. The highest BCUT2D eigenvalue weighted by molar-refractivity contribution is 9.11. The van der Waals surface area contributed by atoms with E-state index in [1.807, 2.05) is 0 Å². The number of nitrogens with zero attached hydrogens (tertiary/aromatic N) is 3. The minimum absolute atomic E-state index is 0.164. The molecular formula is C16H7Br2Cl3N4O. The molecule has 4 aromatic rings. The van der Waals surface area contributed by atoms with Crippen molar-refractivity contribution >= 4 is 88.2 Å². The van der Waals surface area contributed by atoms with Crippen molar-refractivity contribution in [1.82, 2.24) is 19.9 Å². The average molecular weight is 537 g/mol. The minimum Gasteiger partial charge on any atom is -0.327 e. The van der Waals surface area contributed by atoms with E-state index < -0.39 is 0 Å². The first-order valence-electron chi connectivity index (χ1n) is 6.94. The van der Waals surface area contributed by atoms with Crippen LogP contribution in [0.15, 0.2) is 50.7 Å². The molecule has 0 aliphatic carbocycles. The number of aromatic nitrogens is 4. The third-order valence-electron chi connectivity index (χ3n) is 3.34. The predicted octanol–water partition coefficient (Wildman–Crippen LogP) is 6.04. The summed E-state index contributed by atoms with van der Waals surface area (Å²) in [6, 6.07) is 3.39. The van der Waals surface area contributed by atoms with Crippen molar-refractivity contribution in [3.05, 3.63) is 71.7 Å². The van der Waals surface area contributed by atoms with Crippen molar-refractivity contribution < 1.29 is 0 Å². The van der Waals surface area contributed by atoms with Crippen LogP contribution in [0.2, 0.25) is 15.5 Å². The predicted molar refractivity (Wildman–Crippen MR) is 112 cm³/mol. The Balaban J connectivity index is 0.000000151. The van der Waals surface area contributed by atoms with E-state index in [-0.39, 0.29) is 5.56 Å². The van der Waals surface area contributed by atoms with Crippen molar-refractivity contribution in [3.63, 3.8) is 0 Å². The number of aromatic amines is 1. The van der Waals surface area contributed by atoms with Gasteiger partial charge in [-0.15, -0.1) is 0 Å². The first kappa shape index (κ1) is 19.5. The molecule has 0 bridgehead atoms. The molecule has 0 unspecified atom stereocenters. The van der Waals surface area contributed by atoms with Crippen LogP contribution < -0.4 is 5.56 Å². The SMILES string of the molecule is Clc1cc2c(Br)cnc(Cl)c2cn1.O=c1[nH]cc(Br)c2cc(Cl)ncc12. The van der Waals surface area contributed by atoms with Crippen LogP contribution in [-0.4, -0.2) is 19.9 Å². The summed E-state index contributed by atoms with van der Waals surface area (Å²) in [5.41, 5.74) is -0.164. The van der Waals surface area contributed by atoms with Gasteiger partial charge in [0.2, 0.25) is 0 Å². The monoisotopic (exact) mass is 534 g/mol. The lowest BCUT2D eigenvalue weighted by atomic mass is 10.2. The van der Waals surface area contributed by atoms with Gasteiger partial charge in [-0.2, -0.15) is 0 Å². The Morgan fingerprint density at radius 3 is 2.00 bits per heavy atom. The molecule has 0 radical (unpaired) electrons. The van der Waals surface area contributed by atoms with Crippen molar-refractivity contribution in [2.45, 2.75) is 0 Å². The van der Waals surface area contributed by atoms with Crippen LogP contribution in [0.4, 0.5) is 0 Å². The van der Waals surface area contributed by atoms with Crippen molar-refractivity contribution in [2.75, 3.05) is 0 Å². The van der Waals surface area contributed by atoms with Gasteiger partial charge in [0.15, 0.2) is 0 Å². The fraction of sp³-hybridized carbons (Fsp3) is 0.